The van der Waals surface area contributed by atoms with Crippen LogP contribution in [0.4, 0.5) is 14.9 Å². The number of anilines is 1. The van der Waals surface area contributed by atoms with E-state index in [9.17, 15) is 14.3 Å². The number of aliphatic hydroxyl groups is 1. The van der Waals surface area contributed by atoms with Crippen LogP contribution in [-0.2, 0) is 0 Å². The van der Waals surface area contributed by atoms with E-state index >= 15 is 0 Å². The molecule has 2 rings (SSSR count). The second kappa shape index (κ2) is 6.40. The maximum Gasteiger partial charge on any atom is 0.319 e. The molecule has 1 aromatic carbocycles. The highest BCUT2D eigenvalue weighted by Gasteiger charge is 2.13. The van der Waals surface area contributed by atoms with Crippen LogP contribution in [0.3, 0.4) is 0 Å². The molecule has 3 N–H and O–H groups in total. The molecule has 1 aromatic heterocycles. The van der Waals surface area contributed by atoms with Gasteiger partial charge in [-0.05, 0) is 24.3 Å². The second-order valence-electron chi connectivity index (χ2n) is 3.97. The fourth-order valence-electron chi connectivity index (χ4n) is 1.54. The predicted octanol–water partition coefficient (Wildman–Crippen LogP) is 2.93. The highest BCUT2D eigenvalue weighted by molar-refractivity contribution is 6.31. The van der Waals surface area contributed by atoms with Crippen molar-refractivity contribution in [2.45, 2.75) is 6.10 Å². The van der Waals surface area contributed by atoms with E-state index in [1.54, 1.807) is 12.1 Å². The highest BCUT2D eigenvalue weighted by atomic mass is 35.5. The minimum Gasteiger partial charge on any atom is -0.467 e. The third kappa shape index (κ3) is 3.49. The summed E-state index contributed by atoms with van der Waals surface area (Å²) in [5.74, 6) is -0.380. The number of nitrogens with one attached hydrogen (secondary N) is 2. The number of carbonyl (C=O) groups is 1. The van der Waals surface area contributed by atoms with Crippen molar-refractivity contribution < 1.29 is 18.7 Å². The van der Waals surface area contributed by atoms with Gasteiger partial charge in [0, 0.05) is 0 Å². The Morgan fingerprint density at radius 1 is 1.40 bits per heavy atom. The van der Waals surface area contributed by atoms with Gasteiger partial charge < -0.3 is 20.2 Å². The molecule has 1 heterocycles. The van der Waals surface area contributed by atoms with Crippen LogP contribution in [0.5, 0.6) is 0 Å². The van der Waals surface area contributed by atoms with E-state index in [0.29, 0.717) is 5.76 Å². The van der Waals surface area contributed by atoms with Gasteiger partial charge in [0.15, 0.2) is 5.82 Å². The van der Waals surface area contributed by atoms with E-state index in [2.05, 4.69) is 10.6 Å². The van der Waals surface area contributed by atoms with Crippen LogP contribution in [-0.4, -0.2) is 17.7 Å². The number of carbonyl (C=O) groups excluding carboxylic acids is 1. The summed E-state index contributed by atoms with van der Waals surface area (Å²) in [4.78, 5) is 11.6. The minimum atomic E-state index is -0.972. The first-order valence-electron chi connectivity index (χ1n) is 5.78. The molecule has 2 amide bonds. The number of aliphatic hydroxyl groups excluding tert-OH is 1. The second-order valence-corrected chi connectivity index (χ2v) is 4.37. The fourth-order valence-corrected chi connectivity index (χ4v) is 1.71. The first-order valence-corrected chi connectivity index (χ1v) is 6.16. The molecule has 0 aliphatic carbocycles. The molecule has 0 saturated carbocycles. The maximum atomic E-state index is 13.5. The van der Waals surface area contributed by atoms with Crippen LogP contribution in [0.15, 0.2) is 41.0 Å². The van der Waals surface area contributed by atoms with Crippen molar-refractivity contribution in [1.82, 2.24) is 5.32 Å². The average Bonchev–Trinajstić information content (AvgIpc) is 2.95. The van der Waals surface area contributed by atoms with E-state index in [1.165, 1.54) is 24.5 Å². The molecule has 7 heteroatoms. The van der Waals surface area contributed by atoms with Crippen LogP contribution in [0.1, 0.15) is 11.9 Å². The number of hydrogen-bond acceptors (Lipinski definition) is 3. The molecule has 0 aliphatic rings. The van der Waals surface area contributed by atoms with Gasteiger partial charge in [-0.1, -0.05) is 17.7 Å². The van der Waals surface area contributed by atoms with Crippen LogP contribution in [0, 0.1) is 5.82 Å². The summed E-state index contributed by atoms with van der Waals surface area (Å²) < 4.78 is 18.5. The summed E-state index contributed by atoms with van der Waals surface area (Å²) in [6.45, 7) is -0.0679. The van der Waals surface area contributed by atoms with Crippen LogP contribution < -0.4 is 10.6 Å². The SMILES string of the molecule is O=C(NCC(O)c1ccco1)Nc1cccc(Cl)c1F. The number of halogens is 2. The molecular weight excluding hydrogens is 287 g/mol. The molecule has 1 unspecified atom stereocenters. The van der Waals surface area contributed by atoms with Crippen molar-refractivity contribution in [1.29, 1.82) is 0 Å². The monoisotopic (exact) mass is 298 g/mol. The van der Waals surface area contributed by atoms with E-state index in [4.69, 9.17) is 16.0 Å². The van der Waals surface area contributed by atoms with Gasteiger partial charge in [-0.2, -0.15) is 0 Å². The lowest BCUT2D eigenvalue weighted by Gasteiger charge is -2.11. The average molecular weight is 299 g/mol. The smallest absolute Gasteiger partial charge is 0.319 e. The molecule has 0 saturated heterocycles. The topological polar surface area (TPSA) is 74.5 Å². The molecule has 5 nitrogen and oxygen atoms in total. The van der Waals surface area contributed by atoms with Crippen molar-refractivity contribution in [3.05, 3.63) is 53.2 Å². The maximum absolute atomic E-state index is 13.5. The molecule has 2 aromatic rings. The van der Waals surface area contributed by atoms with E-state index in [0.717, 1.165) is 0 Å². The Morgan fingerprint density at radius 3 is 2.90 bits per heavy atom. The third-order valence-corrected chi connectivity index (χ3v) is 2.82. The van der Waals surface area contributed by atoms with Gasteiger partial charge in [-0.25, -0.2) is 9.18 Å². The Labute approximate surface area is 119 Å². The zero-order chi connectivity index (χ0) is 14.5. The summed E-state index contributed by atoms with van der Waals surface area (Å²) in [6.07, 6.45) is 0.444. The van der Waals surface area contributed by atoms with Crippen molar-refractivity contribution in [2.24, 2.45) is 0 Å². The van der Waals surface area contributed by atoms with E-state index < -0.39 is 18.0 Å². The van der Waals surface area contributed by atoms with Crippen LogP contribution >= 0.6 is 11.6 Å². The molecule has 1 atom stereocenters. The zero-order valence-corrected chi connectivity index (χ0v) is 11.0. The van der Waals surface area contributed by atoms with Crippen LogP contribution in [0.2, 0.25) is 5.02 Å². The lowest BCUT2D eigenvalue weighted by molar-refractivity contribution is 0.149. The molecular formula is C13H12ClFN2O3. The normalized spacial score (nSPS) is 11.9. The van der Waals surface area contributed by atoms with Gasteiger partial charge in [0.25, 0.3) is 0 Å². The lowest BCUT2D eigenvalue weighted by Crippen LogP contribution is -2.32. The fraction of sp³-hybridized carbons (Fsp3) is 0.154. The van der Waals surface area contributed by atoms with E-state index in [-0.39, 0.29) is 17.3 Å². The zero-order valence-electron chi connectivity index (χ0n) is 10.3. The number of rotatable bonds is 4. The Morgan fingerprint density at radius 2 is 2.20 bits per heavy atom. The van der Waals surface area contributed by atoms with Crippen molar-refractivity contribution in [2.75, 3.05) is 11.9 Å². The summed E-state index contributed by atoms with van der Waals surface area (Å²) in [5.41, 5.74) is -0.0394. The molecule has 0 bridgehead atoms. The Hall–Kier alpha value is -2.05. The van der Waals surface area contributed by atoms with Crippen molar-refractivity contribution in [3.63, 3.8) is 0 Å². The lowest BCUT2D eigenvalue weighted by atomic mass is 10.3. The van der Waals surface area contributed by atoms with E-state index in [1.807, 2.05) is 0 Å². The number of benzene rings is 1. The minimum absolute atomic E-state index is 0.0394. The number of furan rings is 1. The third-order valence-electron chi connectivity index (χ3n) is 2.53. The Kier molecular flexibility index (Phi) is 4.60. The van der Waals surface area contributed by atoms with Gasteiger partial charge in [0.2, 0.25) is 0 Å². The highest BCUT2D eigenvalue weighted by Crippen LogP contribution is 2.21. The van der Waals surface area contributed by atoms with Crippen molar-refractivity contribution in [3.8, 4) is 0 Å². The molecule has 0 fully saturated rings. The molecule has 0 spiro atoms. The number of urea groups is 1. The quantitative estimate of drug-likeness (QED) is 0.812. The Bertz CT molecular complexity index is 589. The molecule has 0 aliphatic heterocycles. The van der Waals surface area contributed by atoms with Gasteiger partial charge in [-0.15, -0.1) is 0 Å². The summed E-state index contributed by atoms with van der Waals surface area (Å²) in [6, 6.07) is 6.82. The molecule has 0 radical (unpaired) electrons. The largest absolute Gasteiger partial charge is 0.467 e. The molecule has 106 valence electrons. The van der Waals surface area contributed by atoms with Gasteiger partial charge in [-0.3, -0.25) is 0 Å². The summed E-state index contributed by atoms with van der Waals surface area (Å²) in [5, 5.41) is 14.3. The first kappa shape index (κ1) is 14.4. The summed E-state index contributed by atoms with van der Waals surface area (Å²) >= 11 is 5.59. The first-order chi connectivity index (χ1) is 9.58. The standard InChI is InChI=1S/C13H12ClFN2O3/c14-8-3-1-4-9(12(8)15)17-13(19)16-7-10(18)11-5-2-6-20-11/h1-6,10,18H,7H2,(H2,16,17,19). The number of hydrogen-bond donors (Lipinski definition) is 3. The Balaban J connectivity index is 1.88. The summed E-state index contributed by atoms with van der Waals surface area (Å²) in [7, 11) is 0. The van der Waals surface area contributed by atoms with Gasteiger partial charge in [0.05, 0.1) is 23.5 Å². The van der Waals surface area contributed by atoms with Gasteiger partial charge >= 0.3 is 6.03 Å². The number of amides is 2. The van der Waals surface area contributed by atoms with Crippen molar-refractivity contribution >= 4 is 23.3 Å². The predicted molar refractivity (Wildman–Crippen MR) is 72.1 cm³/mol. The molecule has 20 heavy (non-hydrogen) atoms. The van der Waals surface area contributed by atoms with Gasteiger partial charge in [0.1, 0.15) is 11.9 Å². The van der Waals surface area contributed by atoms with Crippen LogP contribution in [0.25, 0.3) is 0 Å².